The van der Waals surface area contributed by atoms with Crippen LogP contribution in [0.25, 0.3) is 0 Å². The van der Waals surface area contributed by atoms with Crippen molar-refractivity contribution < 1.29 is 4.74 Å². The molecule has 84 valence electrons. The van der Waals surface area contributed by atoms with Gasteiger partial charge >= 0.3 is 0 Å². The first-order valence-electron chi connectivity index (χ1n) is 5.30. The predicted molar refractivity (Wildman–Crippen MR) is 59.6 cm³/mol. The summed E-state index contributed by atoms with van der Waals surface area (Å²) in [4.78, 5) is 8.13. The Hall–Kier alpha value is -1.16. The molecule has 0 aliphatic rings. The van der Waals surface area contributed by atoms with Crippen molar-refractivity contribution in [3.05, 3.63) is 18.1 Å². The molecule has 2 atom stereocenters. The molecule has 2 unspecified atom stereocenters. The van der Waals surface area contributed by atoms with Crippen LogP contribution in [0.3, 0.4) is 0 Å². The van der Waals surface area contributed by atoms with Gasteiger partial charge in [-0.15, -0.1) is 0 Å². The maximum absolute atomic E-state index is 6.10. The number of hydrogen-bond donors (Lipinski definition) is 1. The molecule has 0 aliphatic heterocycles. The summed E-state index contributed by atoms with van der Waals surface area (Å²) < 4.78 is 5.04. The van der Waals surface area contributed by atoms with E-state index < -0.39 is 0 Å². The Labute approximate surface area is 90.9 Å². The van der Waals surface area contributed by atoms with Crippen molar-refractivity contribution in [3.8, 4) is 5.88 Å². The molecule has 4 heteroatoms. The number of nitrogens with zero attached hydrogens (tertiary/aromatic N) is 2. The smallest absolute Gasteiger partial charge is 0.216 e. The van der Waals surface area contributed by atoms with E-state index in [1.165, 1.54) is 6.33 Å². The van der Waals surface area contributed by atoms with E-state index >= 15 is 0 Å². The molecular formula is C11H19N3O. The SMILES string of the molecule is CCCC(C)C(N)c1cc(OC)ncn1. The Morgan fingerprint density at radius 1 is 1.47 bits per heavy atom. The second-order valence-electron chi connectivity index (χ2n) is 3.78. The topological polar surface area (TPSA) is 61.0 Å². The average molecular weight is 209 g/mol. The van der Waals surface area contributed by atoms with E-state index in [9.17, 15) is 0 Å². The largest absolute Gasteiger partial charge is 0.481 e. The Bertz CT molecular complexity index is 304. The monoisotopic (exact) mass is 209 g/mol. The molecule has 15 heavy (non-hydrogen) atoms. The van der Waals surface area contributed by atoms with Gasteiger partial charge in [-0.2, -0.15) is 0 Å². The van der Waals surface area contributed by atoms with Gasteiger partial charge in [-0.05, 0) is 12.3 Å². The van der Waals surface area contributed by atoms with Gasteiger partial charge in [-0.3, -0.25) is 0 Å². The van der Waals surface area contributed by atoms with Gasteiger partial charge in [0, 0.05) is 12.1 Å². The number of rotatable bonds is 5. The van der Waals surface area contributed by atoms with Gasteiger partial charge in [0.25, 0.3) is 0 Å². The van der Waals surface area contributed by atoms with Crippen LogP contribution in [-0.2, 0) is 0 Å². The fourth-order valence-corrected chi connectivity index (χ4v) is 1.57. The molecule has 4 nitrogen and oxygen atoms in total. The fraction of sp³-hybridized carbons (Fsp3) is 0.636. The predicted octanol–water partition coefficient (Wildman–Crippen LogP) is 1.92. The van der Waals surface area contributed by atoms with Gasteiger partial charge in [0.1, 0.15) is 6.33 Å². The van der Waals surface area contributed by atoms with E-state index in [0.717, 1.165) is 18.5 Å². The lowest BCUT2D eigenvalue weighted by Gasteiger charge is -2.18. The van der Waals surface area contributed by atoms with Gasteiger partial charge < -0.3 is 10.5 Å². The maximum Gasteiger partial charge on any atom is 0.216 e. The van der Waals surface area contributed by atoms with Gasteiger partial charge in [-0.25, -0.2) is 9.97 Å². The Balaban J connectivity index is 2.76. The highest BCUT2D eigenvalue weighted by molar-refractivity contribution is 5.16. The minimum absolute atomic E-state index is 0.0400. The van der Waals surface area contributed by atoms with Crippen LogP contribution < -0.4 is 10.5 Å². The summed E-state index contributed by atoms with van der Waals surface area (Å²) >= 11 is 0. The van der Waals surface area contributed by atoms with Crippen molar-refractivity contribution in [1.82, 2.24) is 9.97 Å². The van der Waals surface area contributed by atoms with E-state index in [4.69, 9.17) is 10.5 Å². The zero-order chi connectivity index (χ0) is 11.3. The number of hydrogen-bond acceptors (Lipinski definition) is 4. The highest BCUT2D eigenvalue weighted by Gasteiger charge is 2.16. The third-order valence-corrected chi connectivity index (χ3v) is 2.57. The first kappa shape index (κ1) is 11.9. The minimum atomic E-state index is -0.0400. The molecule has 0 fully saturated rings. The third-order valence-electron chi connectivity index (χ3n) is 2.57. The summed E-state index contributed by atoms with van der Waals surface area (Å²) in [5, 5.41) is 0. The van der Waals surface area contributed by atoms with Crippen molar-refractivity contribution in [1.29, 1.82) is 0 Å². The zero-order valence-corrected chi connectivity index (χ0v) is 9.60. The molecule has 0 spiro atoms. The van der Waals surface area contributed by atoms with Crippen LogP contribution in [0.2, 0.25) is 0 Å². The maximum atomic E-state index is 6.10. The summed E-state index contributed by atoms with van der Waals surface area (Å²) in [6.07, 6.45) is 3.73. The third kappa shape index (κ3) is 3.16. The Morgan fingerprint density at radius 3 is 2.80 bits per heavy atom. The van der Waals surface area contributed by atoms with Crippen molar-refractivity contribution >= 4 is 0 Å². The molecule has 0 saturated heterocycles. The van der Waals surface area contributed by atoms with E-state index in [1.807, 2.05) is 0 Å². The zero-order valence-electron chi connectivity index (χ0n) is 9.60. The summed E-state index contributed by atoms with van der Waals surface area (Å²) in [7, 11) is 1.59. The summed E-state index contributed by atoms with van der Waals surface area (Å²) in [5.74, 6) is 0.994. The molecule has 0 saturated carbocycles. The lowest BCUT2D eigenvalue weighted by molar-refractivity contribution is 0.388. The van der Waals surface area contributed by atoms with Crippen molar-refractivity contribution in [2.45, 2.75) is 32.7 Å². The molecule has 0 aliphatic carbocycles. The number of aromatic nitrogens is 2. The minimum Gasteiger partial charge on any atom is -0.481 e. The number of methoxy groups -OCH3 is 1. The quantitative estimate of drug-likeness (QED) is 0.804. The van der Waals surface area contributed by atoms with Crippen LogP contribution in [0.15, 0.2) is 12.4 Å². The molecule has 1 aromatic heterocycles. The molecule has 1 aromatic rings. The van der Waals surface area contributed by atoms with Crippen LogP contribution in [0.4, 0.5) is 0 Å². The van der Waals surface area contributed by atoms with Crippen molar-refractivity contribution in [3.63, 3.8) is 0 Å². The first-order chi connectivity index (χ1) is 7.19. The highest BCUT2D eigenvalue weighted by atomic mass is 16.5. The summed E-state index contributed by atoms with van der Waals surface area (Å²) in [5.41, 5.74) is 6.95. The van der Waals surface area contributed by atoms with Crippen LogP contribution in [-0.4, -0.2) is 17.1 Å². The molecule has 0 aromatic carbocycles. The van der Waals surface area contributed by atoms with Crippen LogP contribution in [0.1, 0.15) is 38.4 Å². The van der Waals surface area contributed by atoms with E-state index in [-0.39, 0.29) is 6.04 Å². The highest BCUT2D eigenvalue weighted by Crippen LogP contribution is 2.22. The van der Waals surface area contributed by atoms with E-state index in [2.05, 4.69) is 23.8 Å². The molecule has 2 N–H and O–H groups in total. The lowest BCUT2D eigenvalue weighted by atomic mass is 9.95. The molecule has 1 heterocycles. The molecule has 1 rings (SSSR count). The van der Waals surface area contributed by atoms with Gasteiger partial charge in [0.15, 0.2) is 0 Å². The van der Waals surface area contributed by atoms with Crippen LogP contribution in [0, 0.1) is 5.92 Å². The second kappa shape index (κ2) is 5.66. The average Bonchev–Trinajstić information content (AvgIpc) is 2.28. The second-order valence-corrected chi connectivity index (χ2v) is 3.78. The molecule has 0 radical (unpaired) electrons. The Morgan fingerprint density at radius 2 is 2.20 bits per heavy atom. The van der Waals surface area contributed by atoms with Crippen LogP contribution >= 0.6 is 0 Å². The lowest BCUT2D eigenvalue weighted by Crippen LogP contribution is -2.20. The van der Waals surface area contributed by atoms with E-state index in [0.29, 0.717) is 11.8 Å². The van der Waals surface area contributed by atoms with Crippen LogP contribution in [0.5, 0.6) is 5.88 Å². The molecule has 0 bridgehead atoms. The molecular weight excluding hydrogens is 190 g/mol. The standard InChI is InChI=1S/C11H19N3O/c1-4-5-8(2)11(12)9-6-10(15-3)14-7-13-9/h6-8,11H,4-5,12H2,1-3H3. The van der Waals surface area contributed by atoms with E-state index in [1.54, 1.807) is 13.2 Å². The van der Waals surface area contributed by atoms with Gasteiger partial charge in [-0.1, -0.05) is 20.3 Å². The fourth-order valence-electron chi connectivity index (χ4n) is 1.57. The normalized spacial score (nSPS) is 14.7. The van der Waals surface area contributed by atoms with Crippen molar-refractivity contribution in [2.75, 3.05) is 7.11 Å². The number of ether oxygens (including phenoxy) is 1. The molecule has 0 amide bonds. The van der Waals surface area contributed by atoms with Crippen molar-refractivity contribution in [2.24, 2.45) is 11.7 Å². The first-order valence-corrected chi connectivity index (χ1v) is 5.30. The number of nitrogens with two attached hydrogens (primary N) is 1. The summed E-state index contributed by atoms with van der Waals surface area (Å²) in [6, 6.07) is 1.76. The summed E-state index contributed by atoms with van der Waals surface area (Å²) in [6.45, 7) is 4.30. The van der Waals surface area contributed by atoms with Gasteiger partial charge in [0.05, 0.1) is 12.8 Å². The van der Waals surface area contributed by atoms with Gasteiger partial charge in [0.2, 0.25) is 5.88 Å². The Kier molecular flexibility index (Phi) is 4.49.